The second-order valence-electron chi connectivity index (χ2n) is 6.41. The number of aromatic nitrogens is 3. The van der Waals surface area contributed by atoms with E-state index in [0.29, 0.717) is 44.0 Å². The zero-order valence-electron chi connectivity index (χ0n) is 14.7. The summed E-state index contributed by atoms with van der Waals surface area (Å²) in [6.07, 6.45) is 4.17. The summed E-state index contributed by atoms with van der Waals surface area (Å²) in [6.45, 7) is 4.78. The maximum atomic E-state index is 12.8. The number of H-pyrrole nitrogens is 1. The molecule has 0 saturated carbocycles. The highest BCUT2D eigenvalue weighted by Crippen LogP contribution is 2.22. The van der Waals surface area contributed by atoms with E-state index in [1.54, 1.807) is 18.7 Å². The van der Waals surface area contributed by atoms with Gasteiger partial charge in [0.25, 0.3) is 0 Å². The van der Waals surface area contributed by atoms with Gasteiger partial charge in [-0.2, -0.15) is 9.40 Å². The molecule has 8 nitrogen and oxygen atoms in total. The molecule has 3 heterocycles. The molecule has 0 spiro atoms. The number of piperazine rings is 1. The van der Waals surface area contributed by atoms with Crippen molar-refractivity contribution < 1.29 is 13.2 Å². The van der Waals surface area contributed by atoms with E-state index in [0.717, 1.165) is 5.56 Å². The highest BCUT2D eigenvalue weighted by atomic mass is 32.2. The molecule has 1 aliphatic heterocycles. The highest BCUT2D eigenvalue weighted by Gasteiger charge is 2.33. The summed E-state index contributed by atoms with van der Waals surface area (Å²) in [7, 11) is -1.67. The third kappa shape index (κ3) is 3.47. The summed E-state index contributed by atoms with van der Waals surface area (Å²) in [6, 6.07) is 1.92. The summed E-state index contributed by atoms with van der Waals surface area (Å²) < 4.78 is 29.0. The smallest absolute Gasteiger partial charge is 0.246 e. The fourth-order valence-corrected chi connectivity index (χ4v) is 4.93. The van der Waals surface area contributed by atoms with Crippen LogP contribution in [0.2, 0.25) is 0 Å². The SMILES string of the molecule is Cc1n[nH]c(C)c1S(=O)(=O)N1CCN(C(=O)Cc2ccn(C)c2)CC1. The van der Waals surface area contributed by atoms with E-state index >= 15 is 0 Å². The van der Waals surface area contributed by atoms with E-state index in [4.69, 9.17) is 0 Å². The molecule has 0 atom stereocenters. The van der Waals surface area contributed by atoms with Gasteiger partial charge in [-0.25, -0.2) is 8.42 Å². The fraction of sp³-hybridized carbons (Fsp3) is 0.500. The lowest BCUT2D eigenvalue weighted by Crippen LogP contribution is -2.51. The Hall–Kier alpha value is -2.13. The van der Waals surface area contributed by atoms with Crippen molar-refractivity contribution in [3.8, 4) is 0 Å². The number of carbonyl (C=O) groups excluding carboxylic acids is 1. The Balaban J connectivity index is 1.64. The van der Waals surface area contributed by atoms with Gasteiger partial charge < -0.3 is 9.47 Å². The summed E-state index contributed by atoms with van der Waals surface area (Å²) in [5, 5.41) is 6.69. The Morgan fingerprint density at radius 1 is 1.24 bits per heavy atom. The topological polar surface area (TPSA) is 91.3 Å². The average molecular weight is 365 g/mol. The van der Waals surface area contributed by atoms with Crippen molar-refractivity contribution in [2.75, 3.05) is 26.2 Å². The van der Waals surface area contributed by atoms with Crippen molar-refractivity contribution in [2.45, 2.75) is 25.2 Å². The number of amides is 1. The molecule has 9 heteroatoms. The molecule has 2 aromatic heterocycles. The van der Waals surface area contributed by atoms with Gasteiger partial charge in [0, 0.05) is 45.6 Å². The van der Waals surface area contributed by atoms with Crippen molar-refractivity contribution in [2.24, 2.45) is 7.05 Å². The molecule has 1 N–H and O–H groups in total. The molecule has 0 aliphatic carbocycles. The molecule has 1 aliphatic rings. The second kappa shape index (κ2) is 6.64. The van der Waals surface area contributed by atoms with Gasteiger partial charge in [0.1, 0.15) is 4.90 Å². The second-order valence-corrected chi connectivity index (χ2v) is 8.28. The predicted molar refractivity (Wildman–Crippen MR) is 92.5 cm³/mol. The molecule has 3 rings (SSSR count). The average Bonchev–Trinajstić information content (AvgIpc) is 3.13. The van der Waals surface area contributed by atoms with Crippen LogP contribution in [0.3, 0.4) is 0 Å². The number of aryl methyl sites for hydroxylation is 3. The summed E-state index contributed by atoms with van der Waals surface area (Å²) in [4.78, 5) is 14.4. The first-order chi connectivity index (χ1) is 11.8. The quantitative estimate of drug-likeness (QED) is 0.851. The van der Waals surface area contributed by atoms with Gasteiger partial charge in [0.05, 0.1) is 17.8 Å². The van der Waals surface area contributed by atoms with Gasteiger partial charge in [-0.3, -0.25) is 9.89 Å². The van der Waals surface area contributed by atoms with Crippen LogP contribution in [-0.4, -0.2) is 64.5 Å². The Labute approximate surface area is 147 Å². The standard InChI is InChI=1S/C16H23N5O3S/c1-12-16(13(2)18-17-12)25(23,24)21-8-6-20(7-9-21)15(22)10-14-4-5-19(3)11-14/h4-5,11H,6-10H2,1-3H3,(H,17,18). The molecule has 0 radical (unpaired) electrons. The number of rotatable bonds is 4. The molecule has 1 fully saturated rings. The van der Waals surface area contributed by atoms with Crippen LogP contribution in [0.1, 0.15) is 17.0 Å². The Morgan fingerprint density at radius 3 is 2.44 bits per heavy atom. The third-order valence-electron chi connectivity index (χ3n) is 4.50. The van der Waals surface area contributed by atoms with E-state index in [1.807, 2.05) is 30.1 Å². The van der Waals surface area contributed by atoms with Gasteiger partial charge in [-0.1, -0.05) is 0 Å². The number of nitrogens with one attached hydrogen (secondary N) is 1. The highest BCUT2D eigenvalue weighted by molar-refractivity contribution is 7.89. The molecule has 25 heavy (non-hydrogen) atoms. The summed E-state index contributed by atoms with van der Waals surface area (Å²) >= 11 is 0. The van der Waals surface area contributed by atoms with Crippen molar-refractivity contribution in [1.82, 2.24) is 24.0 Å². The maximum Gasteiger partial charge on any atom is 0.246 e. The Bertz CT molecular complexity index is 856. The van der Waals surface area contributed by atoms with Gasteiger partial charge >= 0.3 is 0 Å². The molecular formula is C16H23N5O3S. The van der Waals surface area contributed by atoms with Gasteiger partial charge in [-0.15, -0.1) is 0 Å². The van der Waals surface area contributed by atoms with E-state index in [2.05, 4.69) is 10.2 Å². The molecule has 0 bridgehead atoms. The van der Waals surface area contributed by atoms with Crippen LogP contribution >= 0.6 is 0 Å². The largest absolute Gasteiger partial charge is 0.357 e. The van der Waals surface area contributed by atoms with Crippen LogP contribution in [0.5, 0.6) is 0 Å². The lowest BCUT2D eigenvalue weighted by molar-refractivity contribution is -0.131. The predicted octanol–water partition coefficient (Wildman–Crippen LogP) is 0.441. The molecule has 0 aromatic carbocycles. The van der Waals surface area contributed by atoms with Crippen LogP contribution in [0.15, 0.2) is 23.4 Å². The molecular weight excluding hydrogens is 342 g/mol. The van der Waals surface area contributed by atoms with E-state index in [-0.39, 0.29) is 10.8 Å². The number of nitrogens with zero attached hydrogens (tertiary/aromatic N) is 4. The molecule has 2 aromatic rings. The minimum atomic E-state index is -3.59. The lowest BCUT2D eigenvalue weighted by Gasteiger charge is -2.34. The third-order valence-corrected chi connectivity index (χ3v) is 6.66. The van der Waals surface area contributed by atoms with Gasteiger partial charge in [0.2, 0.25) is 15.9 Å². The zero-order chi connectivity index (χ0) is 18.2. The molecule has 1 saturated heterocycles. The Kier molecular flexibility index (Phi) is 4.70. The van der Waals surface area contributed by atoms with Crippen LogP contribution in [0, 0.1) is 13.8 Å². The molecule has 0 unspecified atom stereocenters. The van der Waals surface area contributed by atoms with Gasteiger partial charge in [-0.05, 0) is 25.5 Å². The molecule has 1 amide bonds. The normalized spacial score (nSPS) is 16.4. The number of hydrogen-bond acceptors (Lipinski definition) is 4. The van der Waals surface area contributed by atoms with Crippen molar-refractivity contribution in [3.05, 3.63) is 35.4 Å². The number of sulfonamides is 1. The van der Waals surface area contributed by atoms with Crippen LogP contribution in [0.4, 0.5) is 0 Å². The summed E-state index contributed by atoms with van der Waals surface area (Å²) in [5.74, 6) is 0.0268. The van der Waals surface area contributed by atoms with Crippen LogP contribution in [-0.2, 0) is 28.3 Å². The fourth-order valence-electron chi connectivity index (χ4n) is 3.18. The first-order valence-corrected chi connectivity index (χ1v) is 9.63. The minimum absolute atomic E-state index is 0.0268. The first-order valence-electron chi connectivity index (χ1n) is 8.19. The first kappa shape index (κ1) is 17.7. The zero-order valence-corrected chi connectivity index (χ0v) is 15.5. The number of hydrogen-bond donors (Lipinski definition) is 1. The lowest BCUT2D eigenvalue weighted by atomic mass is 10.2. The van der Waals surface area contributed by atoms with Crippen molar-refractivity contribution in [3.63, 3.8) is 0 Å². The molecule has 136 valence electrons. The maximum absolute atomic E-state index is 12.8. The van der Waals surface area contributed by atoms with Crippen molar-refractivity contribution >= 4 is 15.9 Å². The van der Waals surface area contributed by atoms with Crippen LogP contribution in [0.25, 0.3) is 0 Å². The van der Waals surface area contributed by atoms with E-state index in [1.165, 1.54) is 4.31 Å². The minimum Gasteiger partial charge on any atom is -0.357 e. The van der Waals surface area contributed by atoms with Gasteiger partial charge in [0.15, 0.2) is 0 Å². The Morgan fingerprint density at radius 2 is 1.92 bits per heavy atom. The van der Waals surface area contributed by atoms with E-state index < -0.39 is 10.0 Å². The van der Waals surface area contributed by atoms with Crippen LogP contribution < -0.4 is 0 Å². The number of aromatic amines is 1. The number of carbonyl (C=O) groups is 1. The van der Waals surface area contributed by atoms with E-state index in [9.17, 15) is 13.2 Å². The summed E-state index contributed by atoms with van der Waals surface area (Å²) in [5.41, 5.74) is 1.98. The monoisotopic (exact) mass is 365 g/mol. The van der Waals surface area contributed by atoms with Crippen molar-refractivity contribution in [1.29, 1.82) is 0 Å².